The quantitative estimate of drug-likeness (QED) is 0.460. The van der Waals surface area contributed by atoms with Gasteiger partial charge in [0.25, 0.3) is 11.6 Å². The van der Waals surface area contributed by atoms with Crippen LogP contribution in [-0.2, 0) is 17.4 Å². The van der Waals surface area contributed by atoms with E-state index in [0.29, 0.717) is 18.6 Å². The van der Waals surface area contributed by atoms with Crippen molar-refractivity contribution in [3.8, 4) is 0 Å². The SMILES string of the molecule is CC.CC.C[C@](O)(CCc1ccncc1)C(=O)Nc1ccc([N+](=O)[O-])c(C(F)(F)F)c1. The summed E-state index contributed by atoms with van der Waals surface area (Å²) in [5.74, 6) is -0.918. The van der Waals surface area contributed by atoms with E-state index < -0.39 is 33.9 Å². The van der Waals surface area contributed by atoms with Gasteiger partial charge in [-0.1, -0.05) is 27.7 Å². The zero-order chi connectivity index (χ0) is 24.2. The van der Waals surface area contributed by atoms with E-state index in [0.717, 1.165) is 11.6 Å². The maximum Gasteiger partial charge on any atom is 0.423 e. The molecule has 1 aromatic carbocycles. The third-order valence-electron chi connectivity index (χ3n) is 3.90. The number of nitrogens with one attached hydrogen (secondary N) is 1. The van der Waals surface area contributed by atoms with Gasteiger partial charge in [-0.25, -0.2) is 0 Å². The Morgan fingerprint density at radius 3 is 2.16 bits per heavy atom. The Bertz CT molecular complexity index is 842. The molecule has 31 heavy (non-hydrogen) atoms. The molecular formula is C21H28F3N3O4. The molecule has 2 aromatic rings. The molecule has 0 radical (unpaired) electrons. The number of aromatic nitrogens is 1. The lowest BCUT2D eigenvalue weighted by Gasteiger charge is -2.22. The lowest BCUT2D eigenvalue weighted by molar-refractivity contribution is -0.388. The number of aryl methyl sites for hydroxylation is 1. The van der Waals surface area contributed by atoms with E-state index in [9.17, 15) is 33.2 Å². The number of carbonyl (C=O) groups excluding carboxylic acids is 1. The number of rotatable bonds is 6. The zero-order valence-electron chi connectivity index (χ0n) is 18.2. The number of carbonyl (C=O) groups is 1. The number of halogens is 3. The average molecular weight is 443 g/mol. The molecule has 0 saturated heterocycles. The van der Waals surface area contributed by atoms with E-state index in [1.54, 1.807) is 24.5 Å². The molecule has 0 fully saturated rings. The normalized spacial score (nSPS) is 12.3. The number of pyridine rings is 1. The van der Waals surface area contributed by atoms with Gasteiger partial charge in [-0.3, -0.25) is 19.9 Å². The molecule has 1 atom stereocenters. The Labute approximate surface area is 179 Å². The van der Waals surface area contributed by atoms with E-state index in [-0.39, 0.29) is 12.1 Å². The first-order valence-electron chi connectivity index (χ1n) is 9.79. The molecule has 2 rings (SSSR count). The summed E-state index contributed by atoms with van der Waals surface area (Å²) in [6.45, 7) is 9.24. The molecule has 172 valence electrons. The first kappa shape index (κ1) is 28.0. The van der Waals surface area contributed by atoms with Gasteiger partial charge in [0.2, 0.25) is 0 Å². The molecule has 1 amide bonds. The predicted molar refractivity (Wildman–Crippen MR) is 113 cm³/mol. The molecule has 0 unspecified atom stereocenters. The largest absolute Gasteiger partial charge is 0.423 e. The maximum absolute atomic E-state index is 13.0. The van der Waals surface area contributed by atoms with Crippen molar-refractivity contribution in [3.63, 3.8) is 0 Å². The third kappa shape index (κ3) is 8.71. The Morgan fingerprint density at radius 1 is 1.13 bits per heavy atom. The van der Waals surface area contributed by atoms with Crippen LogP contribution in [0.15, 0.2) is 42.7 Å². The molecule has 0 aliphatic heterocycles. The highest BCUT2D eigenvalue weighted by molar-refractivity contribution is 5.97. The number of hydrogen-bond donors (Lipinski definition) is 2. The summed E-state index contributed by atoms with van der Waals surface area (Å²) in [7, 11) is 0. The number of nitro benzene ring substituents is 1. The van der Waals surface area contributed by atoms with E-state index >= 15 is 0 Å². The molecule has 7 nitrogen and oxygen atoms in total. The van der Waals surface area contributed by atoms with Crippen molar-refractivity contribution in [1.82, 2.24) is 4.98 Å². The molecule has 0 aliphatic rings. The second-order valence-corrected chi connectivity index (χ2v) is 6.07. The van der Waals surface area contributed by atoms with E-state index in [1.807, 2.05) is 27.7 Å². The van der Waals surface area contributed by atoms with Gasteiger partial charge in [0.15, 0.2) is 0 Å². The van der Waals surface area contributed by atoms with Crippen LogP contribution in [0.5, 0.6) is 0 Å². The summed E-state index contributed by atoms with van der Waals surface area (Å²) >= 11 is 0. The van der Waals surface area contributed by atoms with Gasteiger partial charge >= 0.3 is 6.18 Å². The fourth-order valence-electron chi connectivity index (χ4n) is 2.32. The summed E-state index contributed by atoms with van der Waals surface area (Å²) in [5, 5.41) is 23.2. The summed E-state index contributed by atoms with van der Waals surface area (Å²) in [6.07, 6.45) is -1.49. The highest BCUT2D eigenvalue weighted by Gasteiger charge is 2.39. The zero-order valence-corrected chi connectivity index (χ0v) is 18.2. The van der Waals surface area contributed by atoms with E-state index in [2.05, 4.69) is 10.3 Å². The average Bonchev–Trinajstić information content (AvgIpc) is 2.75. The lowest BCUT2D eigenvalue weighted by Crippen LogP contribution is -2.40. The van der Waals surface area contributed by atoms with Crippen LogP contribution in [0, 0.1) is 10.1 Å². The molecule has 1 aromatic heterocycles. The monoisotopic (exact) mass is 443 g/mol. The van der Waals surface area contributed by atoms with Gasteiger partial charge in [0.1, 0.15) is 11.2 Å². The molecule has 1 heterocycles. The number of anilines is 1. The van der Waals surface area contributed by atoms with Crippen molar-refractivity contribution in [1.29, 1.82) is 0 Å². The van der Waals surface area contributed by atoms with Crippen LogP contribution in [0.2, 0.25) is 0 Å². The van der Waals surface area contributed by atoms with Crippen molar-refractivity contribution in [2.24, 2.45) is 0 Å². The van der Waals surface area contributed by atoms with Crippen molar-refractivity contribution >= 4 is 17.3 Å². The second-order valence-electron chi connectivity index (χ2n) is 6.07. The Hall–Kier alpha value is -3.01. The minimum Gasteiger partial charge on any atom is -0.380 e. The molecule has 0 saturated carbocycles. The first-order chi connectivity index (χ1) is 14.5. The summed E-state index contributed by atoms with van der Waals surface area (Å²) < 4.78 is 39.0. The fraction of sp³-hybridized carbons (Fsp3) is 0.429. The highest BCUT2D eigenvalue weighted by Crippen LogP contribution is 2.37. The number of hydrogen-bond acceptors (Lipinski definition) is 5. The van der Waals surface area contributed by atoms with Crippen LogP contribution in [-0.4, -0.2) is 26.5 Å². The van der Waals surface area contributed by atoms with Crippen molar-refractivity contribution in [3.05, 3.63) is 64.0 Å². The number of nitrogens with zero attached hydrogens (tertiary/aromatic N) is 2. The standard InChI is InChI=1S/C17H16F3N3O4.2C2H6/c1-16(25,7-4-11-5-8-21-9-6-11)15(24)22-12-2-3-14(23(26)27)13(10-12)17(18,19)20;2*1-2/h2-3,5-6,8-10,25H,4,7H2,1H3,(H,22,24);2*1-2H3/t16-;;/m0../s1. The first-order valence-corrected chi connectivity index (χ1v) is 9.79. The third-order valence-corrected chi connectivity index (χ3v) is 3.90. The van der Waals surface area contributed by atoms with Crippen LogP contribution in [0.3, 0.4) is 0 Å². The lowest BCUT2D eigenvalue weighted by atomic mass is 9.96. The minimum absolute atomic E-state index is 0.0158. The van der Waals surface area contributed by atoms with Crippen LogP contribution >= 0.6 is 0 Å². The minimum atomic E-state index is -4.97. The predicted octanol–water partition coefficient (Wildman–Crippen LogP) is 5.38. The number of amides is 1. The number of aliphatic hydroxyl groups is 1. The van der Waals surface area contributed by atoms with Crippen LogP contribution in [0.25, 0.3) is 0 Å². The molecule has 2 N–H and O–H groups in total. The maximum atomic E-state index is 13.0. The van der Waals surface area contributed by atoms with Crippen molar-refractivity contribution in [2.75, 3.05) is 5.32 Å². The van der Waals surface area contributed by atoms with Crippen LogP contribution in [0.4, 0.5) is 24.5 Å². The van der Waals surface area contributed by atoms with Gasteiger partial charge in [-0.2, -0.15) is 13.2 Å². The molecule has 0 aliphatic carbocycles. The topological polar surface area (TPSA) is 105 Å². The summed E-state index contributed by atoms with van der Waals surface area (Å²) in [4.78, 5) is 25.7. The van der Waals surface area contributed by atoms with Crippen molar-refractivity contribution < 1.29 is 28.0 Å². The van der Waals surface area contributed by atoms with Gasteiger partial charge in [0.05, 0.1) is 4.92 Å². The van der Waals surface area contributed by atoms with Gasteiger partial charge in [-0.05, 0) is 49.6 Å². The molecule has 10 heteroatoms. The Kier molecular flexibility index (Phi) is 11.4. The summed E-state index contributed by atoms with van der Waals surface area (Å²) in [6, 6.07) is 5.52. The van der Waals surface area contributed by atoms with Crippen LogP contribution in [0.1, 0.15) is 52.2 Å². The Balaban J connectivity index is 0.00000212. The smallest absolute Gasteiger partial charge is 0.380 e. The van der Waals surface area contributed by atoms with E-state index in [1.165, 1.54) is 6.92 Å². The number of nitro groups is 1. The molecule has 0 bridgehead atoms. The summed E-state index contributed by atoms with van der Waals surface area (Å²) in [5.41, 5.74) is -3.94. The molecular weight excluding hydrogens is 415 g/mol. The number of benzene rings is 1. The second kappa shape index (κ2) is 12.6. The highest BCUT2D eigenvalue weighted by atomic mass is 19.4. The fourth-order valence-corrected chi connectivity index (χ4v) is 2.32. The van der Waals surface area contributed by atoms with Crippen molar-refractivity contribution in [2.45, 2.75) is 59.2 Å². The number of alkyl halides is 3. The van der Waals surface area contributed by atoms with Gasteiger partial charge < -0.3 is 10.4 Å². The van der Waals surface area contributed by atoms with E-state index in [4.69, 9.17) is 0 Å². The van der Waals surface area contributed by atoms with Gasteiger partial charge in [0, 0.05) is 24.1 Å². The Morgan fingerprint density at radius 2 is 1.68 bits per heavy atom. The molecule has 0 spiro atoms. The van der Waals surface area contributed by atoms with Crippen LogP contribution < -0.4 is 5.32 Å². The van der Waals surface area contributed by atoms with Gasteiger partial charge in [-0.15, -0.1) is 0 Å².